The minimum Gasteiger partial charge on any atom is -0.279 e. The van der Waals surface area contributed by atoms with Crippen LogP contribution in [0.1, 0.15) is 5.56 Å². The van der Waals surface area contributed by atoms with E-state index in [1.165, 1.54) is 7.05 Å². The van der Waals surface area contributed by atoms with Crippen LogP contribution in [0.5, 0.6) is 0 Å². The van der Waals surface area contributed by atoms with Crippen molar-refractivity contribution in [2.75, 3.05) is 0 Å². The highest BCUT2D eigenvalue weighted by Crippen LogP contribution is 1.98. The molecule has 9 heteroatoms. The number of rotatable bonds is 2. The van der Waals surface area contributed by atoms with Crippen LogP contribution in [0.3, 0.4) is 0 Å². The highest BCUT2D eigenvalue weighted by molar-refractivity contribution is 7.72. The third-order valence-corrected chi connectivity index (χ3v) is 3.72. The van der Waals surface area contributed by atoms with E-state index in [1.807, 2.05) is 6.07 Å². The molecule has 0 aliphatic carbocycles. The molecule has 1 aliphatic rings. The van der Waals surface area contributed by atoms with Crippen LogP contribution in [-0.2, 0) is 23.9 Å². The Morgan fingerprint density at radius 2 is 1.77 bits per heavy atom. The first-order valence-electron chi connectivity index (χ1n) is 6.26. The van der Waals surface area contributed by atoms with E-state index < -0.39 is 26.7 Å². The Labute approximate surface area is 124 Å². The standard InChI is InChI=1S/C13H10N4O4S/c1-16-10-9(14-12(15-10)22(20)21)11(18)17(13(16)19)7-8-5-3-2-4-6-8/h2-6H,7H2,1H3. The van der Waals surface area contributed by atoms with Crippen LogP contribution in [0, 0.1) is 0 Å². The predicted molar refractivity (Wildman–Crippen MR) is 77.7 cm³/mol. The number of nitrogens with zero attached hydrogens (tertiary/aromatic N) is 4. The highest BCUT2D eigenvalue weighted by atomic mass is 32.2. The largest absolute Gasteiger partial charge is 0.332 e. The van der Waals surface area contributed by atoms with E-state index in [-0.39, 0.29) is 17.4 Å². The summed E-state index contributed by atoms with van der Waals surface area (Å²) in [5.41, 5.74) is -0.512. The van der Waals surface area contributed by atoms with E-state index in [1.54, 1.807) is 24.3 Å². The lowest BCUT2D eigenvalue weighted by Crippen LogP contribution is -2.56. The quantitative estimate of drug-likeness (QED) is 0.587. The van der Waals surface area contributed by atoms with Crippen molar-refractivity contribution in [3.8, 4) is 0 Å². The summed E-state index contributed by atoms with van der Waals surface area (Å²) >= 11 is 0. The van der Waals surface area contributed by atoms with Gasteiger partial charge in [0.2, 0.25) is 0 Å². The smallest absolute Gasteiger partial charge is 0.279 e. The van der Waals surface area contributed by atoms with Gasteiger partial charge in [-0.2, -0.15) is 13.4 Å². The van der Waals surface area contributed by atoms with Gasteiger partial charge in [-0.15, -0.1) is 0 Å². The molecule has 22 heavy (non-hydrogen) atoms. The van der Waals surface area contributed by atoms with Crippen LogP contribution >= 0.6 is 0 Å². The topological polar surface area (TPSA) is 103 Å². The van der Waals surface area contributed by atoms with Crippen LogP contribution in [0.15, 0.2) is 49.9 Å². The Hall–Kier alpha value is -2.81. The van der Waals surface area contributed by atoms with Gasteiger partial charge in [-0.3, -0.25) is 13.9 Å². The monoisotopic (exact) mass is 318 g/mol. The predicted octanol–water partition coefficient (Wildman–Crippen LogP) is -2.19. The van der Waals surface area contributed by atoms with Crippen LogP contribution in [0.2, 0.25) is 0 Å². The molecule has 2 aromatic rings. The molecule has 2 heterocycles. The zero-order valence-corrected chi connectivity index (χ0v) is 12.2. The second-order valence-electron chi connectivity index (χ2n) is 4.63. The molecule has 1 aromatic carbocycles. The van der Waals surface area contributed by atoms with Crippen LogP contribution in [0.25, 0.3) is 0 Å². The normalized spacial score (nSPS) is 12.5. The zero-order chi connectivity index (χ0) is 15.9. The molecule has 0 spiro atoms. The van der Waals surface area contributed by atoms with Crippen molar-refractivity contribution in [3.05, 3.63) is 67.6 Å². The number of aromatic nitrogens is 2. The van der Waals surface area contributed by atoms with Crippen molar-refractivity contribution in [3.63, 3.8) is 0 Å². The first-order chi connectivity index (χ1) is 10.5. The molecular weight excluding hydrogens is 308 g/mol. The molecule has 0 atom stereocenters. The third kappa shape index (κ3) is 2.21. The second-order valence-corrected chi connectivity index (χ2v) is 5.47. The van der Waals surface area contributed by atoms with Gasteiger partial charge in [0.25, 0.3) is 21.0 Å². The van der Waals surface area contributed by atoms with Crippen molar-refractivity contribution in [2.45, 2.75) is 6.54 Å². The highest BCUT2D eigenvalue weighted by Gasteiger charge is 2.16. The summed E-state index contributed by atoms with van der Waals surface area (Å²) in [5, 5.41) is -0.642. The molecule has 1 aliphatic heterocycles. The fourth-order valence-corrected chi connectivity index (χ4v) is 2.48. The summed E-state index contributed by atoms with van der Waals surface area (Å²) in [7, 11) is -1.25. The molecule has 0 radical (unpaired) electrons. The van der Waals surface area contributed by atoms with Crippen molar-refractivity contribution in [2.24, 2.45) is 17.0 Å². The summed E-state index contributed by atoms with van der Waals surface area (Å²) in [6.07, 6.45) is 0. The van der Waals surface area contributed by atoms with Gasteiger partial charge in [0.15, 0.2) is 10.8 Å². The molecule has 8 nitrogen and oxygen atoms in total. The third-order valence-electron chi connectivity index (χ3n) is 3.24. The molecule has 1 aromatic heterocycles. The van der Waals surface area contributed by atoms with Gasteiger partial charge in [0, 0.05) is 7.05 Å². The van der Waals surface area contributed by atoms with Crippen LogP contribution in [-0.4, -0.2) is 22.7 Å². The first kappa shape index (κ1) is 14.1. The maximum atomic E-state index is 12.4. The van der Waals surface area contributed by atoms with Gasteiger partial charge in [0.1, 0.15) is 0 Å². The number of benzene rings is 1. The Bertz CT molecular complexity index is 1130. The second kappa shape index (κ2) is 5.19. The SMILES string of the molecule is Cn1c2c(c(=O)n(Cc3ccccc3)c1=O)=NC(=S(=O)=O)N=2. The summed E-state index contributed by atoms with van der Waals surface area (Å²) in [6, 6.07) is 8.98. The Kier molecular flexibility index (Phi) is 3.33. The van der Waals surface area contributed by atoms with Crippen molar-refractivity contribution < 1.29 is 8.42 Å². The fourth-order valence-electron chi connectivity index (χ4n) is 2.16. The molecule has 0 amide bonds. The maximum absolute atomic E-state index is 12.4. The van der Waals surface area contributed by atoms with E-state index in [2.05, 4.69) is 9.98 Å². The molecule has 0 N–H and O–H groups in total. The summed E-state index contributed by atoms with van der Waals surface area (Å²) in [5.74, 6) is 0. The Morgan fingerprint density at radius 1 is 1.09 bits per heavy atom. The lowest BCUT2D eigenvalue weighted by molar-refractivity contribution is 0.611. The lowest BCUT2D eigenvalue weighted by Gasteiger charge is -2.06. The van der Waals surface area contributed by atoms with Crippen molar-refractivity contribution in [1.29, 1.82) is 0 Å². The summed E-state index contributed by atoms with van der Waals surface area (Å²) in [6.45, 7) is 0.0743. The van der Waals surface area contributed by atoms with Crippen LogP contribution in [0.4, 0.5) is 0 Å². The average molecular weight is 318 g/mol. The average Bonchev–Trinajstić information content (AvgIpc) is 2.96. The molecule has 0 bridgehead atoms. The van der Waals surface area contributed by atoms with E-state index in [9.17, 15) is 18.0 Å². The van der Waals surface area contributed by atoms with E-state index in [0.717, 1.165) is 14.7 Å². The molecule has 0 saturated carbocycles. The Morgan fingerprint density at radius 3 is 2.41 bits per heavy atom. The van der Waals surface area contributed by atoms with Gasteiger partial charge in [-0.25, -0.2) is 9.79 Å². The molecule has 3 rings (SSSR count). The fraction of sp³-hybridized carbons (Fsp3) is 0.154. The first-order valence-corrected chi connectivity index (χ1v) is 7.34. The Balaban J connectivity index is 2.33. The number of hydrogen-bond donors (Lipinski definition) is 0. The summed E-state index contributed by atoms with van der Waals surface area (Å²) < 4.78 is 24.0. The molecule has 0 saturated heterocycles. The van der Waals surface area contributed by atoms with E-state index in [0.29, 0.717) is 0 Å². The van der Waals surface area contributed by atoms with Gasteiger partial charge in [-0.05, 0) is 5.56 Å². The number of fused-ring (bicyclic) bond motifs is 1. The van der Waals surface area contributed by atoms with Gasteiger partial charge in [-0.1, -0.05) is 30.3 Å². The van der Waals surface area contributed by atoms with Crippen molar-refractivity contribution in [1.82, 2.24) is 9.13 Å². The van der Waals surface area contributed by atoms with Gasteiger partial charge in [0.05, 0.1) is 6.54 Å². The lowest BCUT2D eigenvalue weighted by atomic mass is 10.2. The molecule has 0 unspecified atom stereocenters. The number of hydrogen-bond acceptors (Lipinski definition) is 4. The summed E-state index contributed by atoms with van der Waals surface area (Å²) in [4.78, 5) is 32.1. The molecular formula is C13H10N4O4S. The minimum atomic E-state index is -2.67. The van der Waals surface area contributed by atoms with Gasteiger partial charge < -0.3 is 0 Å². The van der Waals surface area contributed by atoms with E-state index >= 15 is 0 Å². The van der Waals surface area contributed by atoms with Crippen LogP contribution < -0.4 is 22.1 Å². The molecule has 0 fully saturated rings. The van der Waals surface area contributed by atoms with Crippen molar-refractivity contribution >= 4 is 15.4 Å². The van der Waals surface area contributed by atoms with E-state index in [4.69, 9.17) is 0 Å². The molecule has 112 valence electrons. The van der Waals surface area contributed by atoms with Gasteiger partial charge >= 0.3 is 5.69 Å². The minimum absolute atomic E-state index is 0.0430. The zero-order valence-electron chi connectivity index (χ0n) is 11.4. The maximum Gasteiger partial charge on any atom is 0.332 e.